The van der Waals surface area contributed by atoms with Crippen molar-refractivity contribution in [2.45, 2.75) is 39.5 Å². The maximum Gasteiger partial charge on any atom is 0.307 e. The minimum absolute atomic E-state index is 0.286. The van der Waals surface area contributed by atoms with E-state index in [1.807, 2.05) is 45.0 Å². The molecule has 1 heterocycles. The molecule has 2 unspecified atom stereocenters. The molecule has 2 aromatic rings. The number of carboxylic acids is 1. The second-order valence-electron chi connectivity index (χ2n) is 6.14. The highest BCUT2D eigenvalue weighted by Crippen LogP contribution is 2.31. The number of tetrazole rings is 1. The van der Waals surface area contributed by atoms with Crippen molar-refractivity contribution in [2.75, 3.05) is 0 Å². The van der Waals surface area contributed by atoms with Gasteiger partial charge in [0.25, 0.3) is 0 Å². The summed E-state index contributed by atoms with van der Waals surface area (Å²) in [6.45, 7) is 6.07. The molecule has 0 saturated carbocycles. The first-order valence-corrected chi connectivity index (χ1v) is 7.49. The van der Waals surface area contributed by atoms with Gasteiger partial charge in [0, 0.05) is 5.92 Å². The van der Waals surface area contributed by atoms with Crippen molar-refractivity contribution < 1.29 is 9.90 Å². The zero-order chi connectivity index (χ0) is 16.1. The number of aliphatic carboxylic acids is 1. The molecule has 6 heteroatoms. The van der Waals surface area contributed by atoms with Crippen LogP contribution in [0, 0.1) is 18.8 Å². The van der Waals surface area contributed by atoms with Crippen LogP contribution in [0.1, 0.15) is 43.1 Å². The third-order valence-corrected chi connectivity index (χ3v) is 3.80. The van der Waals surface area contributed by atoms with Crippen LogP contribution < -0.4 is 0 Å². The molecule has 2 N–H and O–H groups in total. The maximum atomic E-state index is 11.7. The van der Waals surface area contributed by atoms with Crippen molar-refractivity contribution in [3.05, 3.63) is 41.2 Å². The minimum Gasteiger partial charge on any atom is -0.481 e. The third kappa shape index (κ3) is 4.13. The fourth-order valence-corrected chi connectivity index (χ4v) is 2.66. The van der Waals surface area contributed by atoms with Gasteiger partial charge in [-0.1, -0.05) is 48.9 Å². The first kappa shape index (κ1) is 16.1. The van der Waals surface area contributed by atoms with Gasteiger partial charge in [0.05, 0.1) is 5.92 Å². The number of aromatic nitrogens is 4. The van der Waals surface area contributed by atoms with Gasteiger partial charge in [-0.05, 0) is 31.2 Å². The molecule has 0 radical (unpaired) electrons. The highest BCUT2D eigenvalue weighted by molar-refractivity contribution is 5.71. The molecule has 0 amide bonds. The number of nitrogens with zero attached hydrogens (tertiary/aromatic N) is 3. The van der Waals surface area contributed by atoms with Crippen LogP contribution in [0.4, 0.5) is 0 Å². The lowest BCUT2D eigenvalue weighted by Gasteiger charge is -2.23. The summed E-state index contributed by atoms with van der Waals surface area (Å²) in [6, 6.07) is 8.11. The molecule has 0 saturated heterocycles. The molecule has 118 valence electrons. The number of nitrogens with one attached hydrogen (secondary N) is 1. The Morgan fingerprint density at radius 2 is 1.95 bits per heavy atom. The number of rotatable bonds is 7. The van der Waals surface area contributed by atoms with E-state index < -0.39 is 11.9 Å². The number of aromatic amines is 1. The fraction of sp³-hybridized carbons (Fsp3) is 0.500. The number of H-pyrrole nitrogens is 1. The van der Waals surface area contributed by atoms with E-state index in [9.17, 15) is 9.90 Å². The molecule has 1 aromatic carbocycles. The Morgan fingerprint density at radius 3 is 2.45 bits per heavy atom. The normalized spacial score (nSPS) is 14.0. The summed E-state index contributed by atoms with van der Waals surface area (Å²) in [5.74, 6) is -0.877. The van der Waals surface area contributed by atoms with Crippen molar-refractivity contribution in [3.63, 3.8) is 0 Å². The summed E-state index contributed by atoms with van der Waals surface area (Å²) in [4.78, 5) is 11.7. The number of benzene rings is 1. The molecule has 0 aliphatic carbocycles. The number of hydrogen-bond acceptors (Lipinski definition) is 4. The molecule has 2 rings (SSSR count). The van der Waals surface area contributed by atoms with Crippen LogP contribution in [0.5, 0.6) is 0 Å². The first-order valence-electron chi connectivity index (χ1n) is 7.49. The second kappa shape index (κ2) is 7.15. The quantitative estimate of drug-likeness (QED) is 0.820. The SMILES string of the molecule is Cc1ccc(CC(c2nn[nH]n2)C(CC(C)C)C(=O)O)cc1. The molecule has 22 heavy (non-hydrogen) atoms. The Bertz CT molecular complexity index is 593. The van der Waals surface area contributed by atoms with Crippen LogP contribution in [-0.4, -0.2) is 31.7 Å². The van der Waals surface area contributed by atoms with Crippen LogP contribution in [0.2, 0.25) is 0 Å². The van der Waals surface area contributed by atoms with Gasteiger partial charge < -0.3 is 5.11 Å². The topological polar surface area (TPSA) is 91.8 Å². The zero-order valence-electron chi connectivity index (χ0n) is 13.2. The highest BCUT2D eigenvalue weighted by atomic mass is 16.4. The van der Waals surface area contributed by atoms with Gasteiger partial charge in [-0.3, -0.25) is 4.79 Å². The molecule has 0 spiro atoms. The number of carboxylic acid groups (broad SMARTS) is 1. The average molecular weight is 302 g/mol. The van der Waals surface area contributed by atoms with E-state index in [4.69, 9.17) is 0 Å². The van der Waals surface area contributed by atoms with E-state index in [0.29, 0.717) is 18.7 Å². The van der Waals surface area contributed by atoms with Crippen LogP contribution in [0.25, 0.3) is 0 Å². The van der Waals surface area contributed by atoms with Gasteiger partial charge in [-0.2, -0.15) is 5.21 Å². The molecule has 0 fully saturated rings. The van der Waals surface area contributed by atoms with Gasteiger partial charge in [-0.15, -0.1) is 10.2 Å². The molecular formula is C16H22N4O2. The highest BCUT2D eigenvalue weighted by Gasteiger charge is 2.33. The van der Waals surface area contributed by atoms with Crippen LogP contribution in [-0.2, 0) is 11.2 Å². The first-order chi connectivity index (χ1) is 10.5. The van der Waals surface area contributed by atoms with Crippen molar-refractivity contribution >= 4 is 5.97 Å². The van der Waals surface area contributed by atoms with E-state index in [0.717, 1.165) is 5.56 Å². The van der Waals surface area contributed by atoms with Crippen molar-refractivity contribution in [2.24, 2.45) is 11.8 Å². The lowest BCUT2D eigenvalue weighted by Crippen LogP contribution is -2.26. The number of hydrogen-bond donors (Lipinski definition) is 2. The molecule has 0 aliphatic heterocycles. The predicted molar refractivity (Wildman–Crippen MR) is 82.4 cm³/mol. The van der Waals surface area contributed by atoms with E-state index >= 15 is 0 Å². The summed E-state index contributed by atoms with van der Waals surface area (Å²) < 4.78 is 0. The summed E-state index contributed by atoms with van der Waals surface area (Å²) in [5, 5.41) is 23.7. The van der Waals surface area contributed by atoms with Gasteiger partial charge in [0.1, 0.15) is 0 Å². The smallest absolute Gasteiger partial charge is 0.307 e. The maximum absolute atomic E-state index is 11.7. The summed E-state index contributed by atoms with van der Waals surface area (Å²) in [7, 11) is 0. The Morgan fingerprint density at radius 1 is 1.27 bits per heavy atom. The monoisotopic (exact) mass is 302 g/mol. The Hall–Kier alpha value is -2.24. The van der Waals surface area contributed by atoms with Crippen molar-refractivity contribution in [1.82, 2.24) is 20.6 Å². The largest absolute Gasteiger partial charge is 0.481 e. The molecule has 2 atom stereocenters. The van der Waals surface area contributed by atoms with Gasteiger partial charge in [0.2, 0.25) is 0 Å². The lowest BCUT2D eigenvalue weighted by molar-refractivity contribution is -0.143. The third-order valence-electron chi connectivity index (χ3n) is 3.80. The minimum atomic E-state index is -0.810. The van der Waals surface area contributed by atoms with Gasteiger partial charge >= 0.3 is 5.97 Å². The van der Waals surface area contributed by atoms with Crippen LogP contribution >= 0.6 is 0 Å². The zero-order valence-corrected chi connectivity index (χ0v) is 13.2. The van der Waals surface area contributed by atoms with Crippen molar-refractivity contribution in [1.29, 1.82) is 0 Å². The van der Waals surface area contributed by atoms with E-state index in [1.54, 1.807) is 0 Å². The van der Waals surface area contributed by atoms with E-state index in [1.165, 1.54) is 5.56 Å². The Balaban J connectivity index is 2.29. The summed E-state index contributed by atoms with van der Waals surface area (Å²) in [6.07, 6.45) is 1.17. The second-order valence-corrected chi connectivity index (χ2v) is 6.14. The lowest BCUT2D eigenvalue weighted by atomic mass is 9.81. The molecular weight excluding hydrogens is 280 g/mol. The van der Waals surface area contributed by atoms with Gasteiger partial charge in [0.15, 0.2) is 5.82 Å². The predicted octanol–water partition coefficient (Wildman–Crippen LogP) is 2.58. The molecule has 6 nitrogen and oxygen atoms in total. The standard InChI is InChI=1S/C16H22N4O2/c1-10(2)8-14(16(21)22)13(15-17-19-20-18-15)9-12-6-4-11(3)5-7-12/h4-7,10,13-14H,8-9H2,1-3H3,(H,21,22)(H,17,18,19,20). The van der Waals surface area contributed by atoms with E-state index in [-0.39, 0.29) is 11.8 Å². The fourth-order valence-electron chi connectivity index (χ4n) is 2.66. The summed E-state index contributed by atoms with van der Waals surface area (Å²) in [5.41, 5.74) is 2.26. The van der Waals surface area contributed by atoms with Gasteiger partial charge in [-0.25, -0.2) is 0 Å². The average Bonchev–Trinajstić information content (AvgIpc) is 2.98. The van der Waals surface area contributed by atoms with Crippen LogP contribution in [0.3, 0.4) is 0 Å². The number of carbonyl (C=O) groups is 1. The van der Waals surface area contributed by atoms with Crippen LogP contribution in [0.15, 0.2) is 24.3 Å². The van der Waals surface area contributed by atoms with E-state index in [2.05, 4.69) is 20.6 Å². The molecule has 0 bridgehead atoms. The number of aryl methyl sites for hydroxylation is 1. The summed E-state index contributed by atoms with van der Waals surface area (Å²) >= 11 is 0. The van der Waals surface area contributed by atoms with Crippen molar-refractivity contribution in [3.8, 4) is 0 Å². The Kier molecular flexibility index (Phi) is 5.25. The Labute approximate surface area is 130 Å². The molecule has 0 aliphatic rings. The molecule has 1 aromatic heterocycles.